The van der Waals surface area contributed by atoms with Crippen LogP contribution in [0.15, 0.2) is 48.5 Å². The maximum Gasteiger partial charge on any atom is 0.307 e. The van der Waals surface area contributed by atoms with E-state index in [1.54, 1.807) is 26.4 Å². The van der Waals surface area contributed by atoms with Gasteiger partial charge in [-0.1, -0.05) is 24.3 Å². The first-order valence-corrected chi connectivity index (χ1v) is 9.13. The van der Waals surface area contributed by atoms with Crippen molar-refractivity contribution in [3.05, 3.63) is 59.7 Å². The van der Waals surface area contributed by atoms with E-state index in [0.717, 1.165) is 16.9 Å². The number of carbonyl (C=O) groups is 2. The van der Waals surface area contributed by atoms with Gasteiger partial charge in [-0.05, 0) is 60.6 Å². The third-order valence-corrected chi connectivity index (χ3v) is 4.89. The summed E-state index contributed by atoms with van der Waals surface area (Å²) in [4.78, 5) is 23.1. The van der Waals surface area contributed by atoms with Gasteiger partial charge in [0, 0.05) is 6.42 Å². The molecule has 2 rings (SSSR count). The summed E-state index contributed by atoms with van der Waals surface area (Å²) in [6.45, 7) is 0. The summed E-state index contributed by atoms with van der Waals surface area (Å²) in [5.41, 5.74) is 1.83. The summed E-state index contributed by atoms with van der Waals surface area (Å²) in [5, 5.41) is 18.9. The smallest absolute Gasteiger partial charge is 0.307 e. The number of ether oxygens (including phenoxy) is 2. The van der Waals surface area contributed by atoms with E-state index in [1.807, 2.05) is 36.4 Å². The van der Waals surface area contributed by atoms with Crippen LogP contribution < -0.4 is 9.47 Å². The lowest BCUT2D eigenvalue weighted by Crippen LogP contribution is -2.28. The minimum Gasteiger partial charge on any atom is -0.497 e. The Morgan fingerprint density at radius 1 is 0.821 bits per heavy atom. The average Bonchev–Trinajstić information content (AvgIpc) is 2.70. The molecule has 0 saturated heterocycles. The molecule has 0 bridgehead atoms. The molecule has 0 aliphatic rings. The number of hydrogen-bond donors (Lipinski definition) is 2. The van der Waals surface area contributed by atoms with Crippen LogP contribution in [0.4, 0.5) is 0 Å². The molecule has 2 N–H and O–H groups in total. The molecule has 28 heavy (non-hydrogen) atoms. The van der Waals surface area contributed by atoms with Gasteiger partial charge in [-0.25, -0.2) is 0 Å². The number of carboxylic acid groups (broad SMARTS) is 2. The third kappa shape index (κ3) is 6.30. The van der Waals surface area contributed by atoms with E-state index in [-0.39, 0.29) is 12.3 Å². The molecule has 0 aromatic heterocycles. The van der Waals surface area contributed by atoms with Crippen LogP contribution in [0.1, 0.15) is 24.0 Å². The Kier molecular flexibility index (Phi) is 7.87. The van der Waals surface area contributed by atoms with E-state index in [0.29, 0.717) is 25.0 Å². The fourth-order valence-electron chi connectivity index (χ4n) is 3.29. The van der Waals surface area contributed by atoms with Crippen molar-refractivity contribution in [2.45, 2.75) is 25.7 Å². The van der Waals surface area contributed by atoms with Crippen molar-refractivity contribution in [2.75, 3.05) is 14.2 Å². The molecule has 150 valence electrons. The summed E-state index contributed by atoms with van der Waals surface area (Å²) in [6, 6.07) is 14.7. The second-order valence-corrected chi connectivity index (χ2v) is 6.74. The van der Waals surface area contributed by atoms with Crippen molar-refractivity contribution >= 4 is 11.9 Å². The molecule has 2 atom stereocenters. The lowest BCUT2D eigenvalue weighted by atomic mass is 9.80. The van der Waals surface area contributed by atoms with Crippen LogP contribution in [0, 0.1) is 11.8 Å². The van der Waals surface area contributed by atoms with Gasteiger partial charge in [0.25, 0.3) is 0 Å². The van der Waals surface area contributed by atoms with Gasteiger partial charge >= 0.3 is 11.9 Å². The van der Waals surface area contributed by atoms with Crippen LogP contribution in [-0.2, 0) is 22.4 Å². The SMILES string of the molecule is COc1ccc(C[C@@H](CCC(=O)O)[C@@H](Cc2ccc(OC)cc2)C(=O)O)cc1. The Hall–Kier alpha value is -3.02. The number of hydrogen-bond acceptors (Lipinski definition) is 4. The molecule has 0 spiro atoms. The summed E-state index contributed by atoms with van der Waals surface area (Å²) in [7, 11) is 3.16. The van der Waals surface area contributed by atoms with E-state index in [4.69, 9.17) is 14.6 Å². The monoisotopic (exact) mass is 386 g/mol. The second-order valence-electron chi connectivity index (χ2n) is 6.74. The topological polar surface area (TPSA) is 93.1 Å². The molecular weight excluding hydrogens is 360 g/mol. The Morgan fingerprint density at radius 3 is 1.68 bits per heavy atom. The van der Waals surface area contributed by atoms with Gasteiger partial charge in [0.1, 0.15) is 11.5 Å². The van der Waals surface area contributed by atoms with Gasteiger partial charge in [0.2, 0.25) is 0 Å². The largest absolute Gasteiger partial charge is 0.497 e. The molecule has 0 heterocycles. The lowest BCUT2D eigenvalue weighted by molar-refractivity contribution is -0.145. The molecule has 6 nitrogen and oxygen atoms in total. The van der Waals surface area contributed by atoms with Crippen molar-refractivity contribution in [3.63, 3.8) is 0 Å². The zero-order valence-electron chi connectivity index (χ0n) is 16.1. The molecule has 6 heteroatoms. The van der Waals surface area contributed by atoms with E-state index in [9.17, 15) is 14.7 Å². The van der Waals surface area contributed by atoms with E-state index < -0.39 is 17.9 Å². The molecule has 2 aromatic carbocycles. The zero-order chi connectivity index (χ0) is 20.5. The molecule has 0 amide bonds. The fraction of sp³-hybridized carbons (Fsp3) is 0.364. The second kappa shape index (κ2) is 10.3. The fourth-order valence-corrected chi connectivity index (χ4v) is 3.29. The highest BCUT2D eigenvalue weighted by Gasteiger charge is 2.29. The number of carboxylic acids is 2. The normalized spacial score (nSPS) is 12.8. The van der Waals surface area contributed by atoms with Gasteiger partial charge in [0.05, 0.1) is 20.1 Å². The molecule has 0 fully saturated rings. The minimum atomic E-state index is -0.923. The van der Waals surface area contributed by atoms with Gasteiger partial charge in [-0.3, -0.25) is 9.59 Å². The number of aliphatic carboxylic acids is 2. The first-order chi connectivity index (χ1) is 13.4. The molecule has 0 saturated carbocycles. The predicted molar refractivity (Wildman–Crippen MR) is 105 cm³/mol. The Labute approximate surface area is 164 Å². The van der Waals surface area contributed by atoms with Crippen molar-refractivity contribution in [2.24, 2.45) is 11.8 Å². The zero-order valence-corrected chi connectivity index (χ0v) is 16.1. The summed E-state index contributed by atoms with van der Waals surface area (Å²) >= 11 is 0. The molecule has 0 unspecified atom stereocenters. The predicted octanol–water partition coefficient (Wildman–Crippen LogP) is 3.67. The standard InChI is InChI=1S/C22H26O6/c1-27-18-8-3-15(4-9-18)13-17(7-12-21(23)24)20(22(25)26)14-16-5-10-19(28-2)11-6-16/h3-6,8-11,17,20H,7,12-14H2,1-2H3,(H,23,24)(H,25,26)/t17-,20-/m1/s1. The Morgan fingerprint density at radius 2 is 1.29 bits per heavy atom. The third-order valence-electron chi connectivity index (χ3n) is 4.89. The van der Waals surface area contributed by atoms with Crippen molar-refractivity contribution < 1.29 is 29.3 Å². The van der Waals surface area contributed by atoms with Gasteiger partial charge in [-0.15, -0.1) is 0 Å². The van der Waals surface area contributed by atoms with E-state index in [2.05, 4.69) is 0 Å². The van der Waals surface area contributed by atoms with Crippen LogP contribution in [0.2, 0.25) is 0 Å². The summed E-state index contributed by atoms with van der Waals surface area (Å²) < 4.78 is 10.3. The number of rotatable bonds is 11. The van der Waals surface area contributed by atoms with Crippen molar-refractivity contribution in [3.8, 4) is 11.5 Å². The summed E-state index contributed by atoms with van der Waals surface area (Å²) in [5.74, 6) is -1.40. The molecule has 0 aliphatic heterocycles. The maximum absolute atomic E-state index is 12.0. The van der Waals surface area contributed by atoms with Crippen LogP contribution >= 0.6 is 0 Å². The highest BCUT2D eigenvalue weighted by atomic mass is 16.5. The molecule has 2 aromatic rings. The van der Waals surface area contributed by atoms with Crippen LogP contribution in [0.5, 0.6) is 11.5 Å². The van der Waals surface area contributed by atoms with E-state index >= 15 is 0 Å². The first kappa shape index (κ1) is 21.3. The molecular formula is C22H26O6. The minimum absolute atomic E-state index is 0.0623. The summed E-state index contributed by atoms with van der Waals surface area (Å²) in [6.07, 6.45) is 1.06. The van der Waals surface area contributed by atoms with Gasteiger partial charge in [-0.2, -0.15) is 0 Å². The van der Waals surface area contributed by atoms with Crippen LogP contribution in [0.3, 0.4) is 0 Å². The quantitative estimate of drug-likeness (QED) is 0.612. The lowest BCUT2D eigenvalue weighted by Gasteiger charge is -2.24. The Balaban J connectivity index is 2.21. The van der Waals surface area contributed by atoms with Crippen molar-refractivity contribution in [1.29, 1.82) is 0 Å². The Bertz CT molecular complexity index is 767. The average molecular weight is 386 g/mol. The number of benzene rings is 2. The molecule has 0 aliphatic carbocycles. The highest BCUT2D eigenvalue weighted by molar-refractivity contribution is 5.71. The van der Waals surface area contributed by atoms with Gasteiger partial charge < -0.3 is 19.7 Å². The molecule has 0 radical (unpaired) electrons. The highest BCUT2D eigenvalue weighted by Crippen LogP contribution is 2.28. The van der Waals surface area contributed by atoms with Crippen molar-refractivity contribution in [1.82, 2.24) is 0 Å². The van der Waals surface area contributed by atoms with Gasteiger partial charge in [0.15, 0.2) is 0 Å². The van der Waals surface area contributed by atoms with E-state index in [1.165, 1.54) is 0 Å². The number of methoxy groups -OCH3 is 2. The maximum atomic E-state index is 12.0. The first-order valence-electron chi connectivity index (χ1n) is 9.13. The van der Waals surface area contributed by atoms with Crippen LogP contribution in [-0.4, -0.2) is 36.4 Å². The van der Waals surface area contributed by atoms with Crippen LogP contribution in [0.25, 0.3) is 0 Å².